The van der Waals surface area contributed by atoms with Crippen molar-refractivity contribution in [1.82, 2.24) is 20.2 Å². The molecule has 116 valence electrons. The maximum atomic E-state index is 13.3. The van der Waals surface area contributed by atoms with Gasteiger partial charge in [-0.3, -0.25) is 4.79 Å². The van der Waals surface area contributed by atoms with Crippen molar-refractivity contribution >= 4 is 5.91 Å². The third kappa shape index (κ3) is 3.05. The van der Waals surface area contributed by atoms with Crippen LogP contribution in [0.15, 0.2) is 48.5 Å². The molecule has 1 heterocycles. The second-order valence-electron chi connectivity index (χ2n) is 4.80. The molecule has 2 N–H and O–H groups in total. The Morgan fingerprint density at radius 3 is 2.48 bits per heavy atom. The number of tetrazole rings is 1. The number of hydrogen-bond donors (Lipinski definition) is 1. The topological polar surface area (TPSA) is 86.7 Å². The standard InChI is InChI=1S/C15H11F2N5O/c16-11-6-4-9(5-7-11)13(14(18)23)22-20-15(19-21-22)10-2-1-3-12(17)8-10/h1-8,13H,(H2,18,23). The van der Waals surface area contributed by atoms with Gasteiger partial charge in [-0.15, -0.1) is 15.0 Å². The van der Waals surface area contributed by atoms with Crippen LogP contribution in [0.1, 0.15) is 11.6 Å². The van der Waals surface area contributed by atoms with E-state index in [2.05, 4.69) is 15.4 Å². The number of aromatic nitrogens is 4. The van der Waals surface area contributed by atoms with Crippen molar-refractivity contribution in [2.45, 2.75) is 6.04 Å². The van der Waals surface area contributed by atoms with Crippen LogP contribution in [0.5, 0.6) is 0 Å². The van der Waals surface area contributed by atoms with Crippen molar-refractivity contribution in [2.24, 2.45) is 5.73 Å². The summed E-state index contributed by atoms with van der Waals surface area (Å²) in [6.07, 6.45) is 0. The van der Waals surface area contributed by atoms with E-state index >= 15 is 0 Å². The summed E-state index contributed by atoms with van der Waals surface area (Å²) >= 11 is 0. The maximum absolute atomic E-state index is 13.3. The van der Waals surface area contributed by atoms with Gasteiger partial charge in [0.05, 0.1) is 0 Å². The van der Waals surface area contributed by atoms with Gasteiger partial charge in [-0.05, 0) is 35.0 Å². The molecule has 0 bridgehead atoms. The Labute approximate surface area is 129 Å². The molecule has 2 aromatic carbocycles. The summed E-state index contributed by atoms with van der Waals surface area (Å²) < 4.78 is 26.3. The number of carbonyl (C=O) groups is 1. The summed E-state index contributed by atoms with van der Waals surface area (Å²) in [5.41, 5.74) is 6.22. The van der Waals surface area contributed by atoms with Crippen LogP contribution >= 0.6 is 0 Å². The Bertz CT molecular complexity index is 847. The summed E-state index contributed by atoms with van der Waals surface area (Å²) in [6.45, 7) is 0. The first-order chi connectivity index (χ1) is 11.0. The molecular formula is C15H11F2N5O. The number of benzene rings is 2. The van der Waals surface area contributed by atoms with Gasteiger partial charge in [-0.25, -0.2) is 8.78 Å². The fraction of sp³-hybridized carbons (Fsp3) is 0.0667. The summed E-state index contributed by atoms with van der Waals surface area (Å²) in [6, 6.07) is 9.86. The quantitative estimate of drug-likeness (QED) is 0.794. The minimum absolute atomic E-state index is 0.151. The Balaban J connectivity index is 1.99. The molecule has 0 fully saturated rings. The van der Waals surface area contributed by atoms with Crippen molar-refractivity contribution in [3.8, 4) is 11.4 Å². The zero-order valence-corrected chi connectivity index (χ0v) is 11.7. The van der Waals surface area contributed by atoms with Gasteiger partial charge in [0.25, 0.3) is 0 Å². The van der Waals surface area contributed by atoms with Crippen LogP contribution in [0.25, 0.3) is 11.4 Å². The first-order valence-electron chi connectivity index (χ1n) is 6.65. The van der Waals surface area contributed by atoms with E-state index < -0.39 is 23.6 Å². The second-order valence-corrected chi connectivity index (χ2v) is 4.80. The van der Waals surface area contributed by atoms with Gasteiger partial charge in [0, 0.05) is 5.56 Å². The van der Waals surface area contributed by atoms with Crippen LogP contribution in [-0.4, -0.2) is 26.1 Å². The number of nitrogens with zero attached hydrogens (tertiary/aromatic N) is 4. The molecule has 0 radical (unpaired) electrons. The largest absolute Gasteiger partial charge is 0.367 e. The Morgan fingerprint density at radius 2 is 1.83 bits per heavy atom. The van der Waals surface area contributed by atoms with Crippen molar-refractivity contribution in [2.75, 3.05) is 0 Å². The molecule has 1 atom stereocenters. The molecular weight excluding hydrogens is 304 g/mol. The van der Waals surface area contributed by atoms with Gasteiger partial charge in [-0.2, -0.15) is 0 Å². The second kappa shape index (κ2) is 5.91. The van der Waals surface area contributed by atoms with Crippen LogP contribution in [0.4, 0.5) is 8.78 Å². The van der Waals surface area contributed by atoms with Gasteiger partial charge in [0.15, 0.2) is 6.04 Å². The molecule has 1 aromatic heterocycles. The van der Waals surface area contributed by atoms with Crippen molar-refractivity contribution < 1.29 is 13.6 Å². The van der Waals surface area contributed by atoms with Crippen LogP contribution < -0.4 is 5.73 Å². The van der Waals surface area contributed by atoms with Crippen LogP contribution in [0, 0.1) is 11.6 Å². The third-order valence-electron chi connectivity index (χ3n) is 3.20. The molecule has 0 aliphatic rings. The highest BCUT2D eigenvalue weighted by molar-refractivity contribution is 5.81. The van der Waals surface area contributed by atoms with E-state index in [1.54, 1.807) is 6.07 Å². The fourth-order valence-corrected chi connectivity index (χ4v) is 2.13. The number of rotatable bonds is 4. The molecule has 23 heavy (non-hydrogen) atoms. The lowest BCUT2D eigenvalue weighted by molar-refractivity contribution is -0.120. The molecule has 0 saturated carbocycles. The number of amides is 1. The first-order valence-corrected chi connectivity index (χ1v) is 6.65. The summed E-state index contributed by atoms with van der Waals surface area (Å²) in [4.78, 5) is 12.7. The number of nitrogens with two attached hydrogens (primary N) is 1. The average molecular weight is 315 g/mol. The van der Waals surface area contributed by atoms with Gasteiger partial charge < -0.3 is 5.73 Å². The first kappa shape index (κ1) is 14.8. The van der Waals surface area contributed by atoms with Crippen molar-refractivity contribution in [3.63, 3.8) is 0 Å². The lowest BCUT2D eigenvalue weighted by Gasteiger charge is -2.11. The molecule has 3 aromatic rings. The number of halogens is 2. The van der Waals surface area contributed by atoms with Crippen LogP contribution in [-0.2, 0) is 4.79 Å². The zero-order valence-electron chi connectivity index (χ0n) is 11.7. The number of carbonyl (C=O) groups excluding carboxylic acids is 1. The van der Waals surface area contributed by atoms with E-state index in [0.717, 1.165) is 4.80 Å². The predicted octanol–water partition coefficient (Wildman–Crippen LogP) is 1.69. The molecule has 3 rings (SSSR count). The molecule has 0 saturated heterocycles. The number of hydrogen-bond acceptors (Lipinski definition) is 4. The van der Waals surface area contributed by atoms with E-state index in [1.807, 2.05) is 0 Å². The third-order valence-corrected chi connectivity index (χ3v) is 3.20. The lowest BCUT2D eigenvalue weighted by Crippen LogP contribution is -2.29. The Hall–Kier alpha value is -3.16. The highest BCUT2D eigenvalue weighted by Crippen LogP contribution is 2.19. The summed E-state index contributed by atoms with van der Waals surface area (Å²) in [7, 11) is 0. The minimum atomic E-state index is -1.04. The highest BCUT2D eigenvalue weighted by atomic mass is 19.1. The SMILES string of the molecule is NC(=O)C(c1ccc(F)cc1)n1nnc(-c2cccc(F)c2)n1. The van der Waals surface area contributed by atoms with Crippen molar-refractivity contribution in [1.29, 1.82) is 0 Å². The van der Waals surface area contributed by atoms with E-state index in [4.69, 9.17) is 5.73 Å². The minimum Gasteiger partial charge on any atom is -0.367 e. The van der Waals surface area contributed by atoms with E-state index in [0.29, 0.717) is 11.1 Å². The molecule has 6 nitrogen and oxygen atoms in total. The Morgan fingerprint density at radius 1 is 1.09 bits per heavy atom. The zero-order chi connectivity index (χ0) is 16.4. The van der Waals surface area contributed by atoms with Gasteiger partial charge in [0.2, 0.25) is 11.7 Å². The number of primary amides is 1. The summed E-state index contributed by atoms with van der Waals surface area (Å²) in [5, 5.41) is 11.7. The monoisotopic (exact) mass is 315 g/mol. The molecule has 0 aliphatic heterocycles. The van der Waals surface area contributed by atoms with E-state index in [9.17, 15) is 13.6 Å². The van der Waals surface area contributed by atoms with Gasteiger partial charge in [-0.1, -0.05) is 24.3 Å². The Kier molecular flexibility index (Phi) is 3.80. The van der Waals surface area contributed by atoms with E-state index in [-0.39, 0.29) is 5.82 Å². The van der Waals surface area contributed by atoms with Crippen molar-refractivity contribution in [3.05, 3.63) is 65.7 Å². The fourth-order valence-electron chi connectivity index (χ4n) is 2.13. The molecule has 8 heteroatoms. The van der Waals surface area contributed by atoms with Gasteiger partial charge in [0.1, 0.15) is 11.6 Å². The average Bonchev–Trinajstić information content (AvgIpc) is 2.99. The lowest BCUT2D eigenvalue weighted by atomic mass is 10.1. The van der Waals surface area contributed by atoms with Gasteiger partial charge >= 0.3 is 0 Å². The molecule has 1 unspecified atom stereocenters. The van der Waals surface area contributed by atoms with E-state index in [1.165, 1.54) is 42.5 Å². The normalized spacial score (nSPS) is 12.1. The highest BCUT2D eigenvalue weighted by Gasteiger charge is 2.23. The molecule has 0 aliphatic carbocycles. The summed E-state index contributed by atoms with van der Waals surface area (Å²) in [5.74, 6) is -1.45. The maximum Gasteiger partial charge on any atom is 0.248 e. The smallest absolute Gasteiger partial charge is 0.248 e. The molecule has 0 spiro atoms. The molecule has 1 amide bonds. The van der Waals surface area contributed by atoms with Crippen LogP contribution in [0.2, 0.25) is 0 Å². The van der Waals surface area contributed by atoms with Crippen LogP contribution in [0.3, 0.4) is 0 Å². The predicted molar refractivity (Wildman–Crippen MR) is 76.9 cm³/mol.